The molecule has 0 aromatic heterocycles. The summed E-state index contributed by atoms with van der Waals surface area (Å²) in [5.41, 5.74) is 4.95. The van der Waals surface area contributed by atoms with Gasteiger partial charge in [-0.2, -0.15) is 0 Å². The predicted molar refractivity (Wildman–Crippen MR) is 148 cm³/mol. The number of nitro benzene ring substituents is 1. The lowest BCUT2D eigenvalue weighted by molar-refractivity contribution is -0.385. The molecule has 0 radical (unpaired) electrons. The van der Waals surface area contributed by atoms with Crippen molar-refractivity contribution < 1.29 is 14.5 Å². The number of carbonyl (C=O) groups is 2. The molecule has 0 saturated heterocycles. The van der Waals surface area contributed by atoms with Crippen LogP contribution in [0.15, 0.2) is 60.7 Å². The number of nitrogens with one attached hydrogen (secondary N) is 2. The van der Waals surface area contributed by atoms with Crippen LogP contribution < -0.4 is 15.5 Å². The van der Waals surface area contributed by atoms with E-state index in [1.54, 1.807) is 31.2 Å². The molecule has 196 valence electrons. The highest BCUT2D eigenvalue weighted by Crippen LogP contribution is 2.31. The third-order valence-electron chi connectivity index (χ3n) is 7.58. The van der Waals surface area contributed by atoms with Gasteiger partial charge in [-0.1, -0.05) is 49.6 Å². The molecule has 0 unspecified atom stereocenters. The van der Waals surface area contributed by atoms with E-state index in [-0.39, 0.29) is 23.2 Å². The van der Waals surface area contributed by atoms with E-state index in [1.807, 2.05) is 12.1 Å². The Hall–Kier alpha value is -4.20. The fraction of sp³-hybridized carbons (Fsp3) is 0.333. The lowest BCUT2D eigenvalue weighted by Crippen LogP contribution is -2.38. The second-order valence-electron chi connectivity index (χ2n) is 10.2. The van der Waals surface area contributed by atoms with Crippen molar-refractivity contribution in [2.75, 3.05) is 16.8 Å². The molecule has 2 amide bonds. The Morgan fingerprint density at radius 1 is 0.947 bits per heavy atom. The van der Waals surface area contributed by atoms with Crippen LogP contribution in [0.5, 0.6) is 0 Å². The topological polar surface area (TPSA) is 105 Å². The molecule has 0 bridgehead atoms. The van der Waals surface area contributed by atoms with Gasteiger partial charge in [0.25, 0.3) is 17.5 Å². The first-order chi connectivity index (χ1) is 18.4. The van der Waals surface area contributed by atoms with Gasteiger partial charge < -0.3 is 15.5 Å². The smallest absolute Gasteiger partial charge is 0.273 e. The molecule has 2 N–H and O–H groups in total. The number of hydrogen-bond donors (Lipinski definition) is 2. The Kier molecular flexibility index (Phi) is 7.40. The molecule has 2 aliphatic rings. The summed E-state index contributed by atoms with van der Waals surface area (Å²) in [7, 11) is 0. The summed E-state index contributed by atoms with van der Waals surface area (Å²) in [6.07, 6.45) is 6.26. The van der Waals surface area contributed by atoms with Gasteiger partial charge >= 0.3 is 0 Å². The van der Waals surface area contributed by atoms with Crippen molar-refractivity contribution in [2.45, 2.75) is 58.0 Å². The van der Waals surface area contributed by atoms with Gasteiger partial charge in [0.05, 0.1) is 10.5 Å². The first-order valence-corrected chi connectivity index (χ1v) is 13.2. The average Bonchev–Trinajstić information content (AvgIpc) is 2.93. The van der Waals surface area contributed by atoms with Crippen molar-refractivity contribution in [3.63, 3.8) is 0 Å². The number of nitro groups is 1. The van der Waals surface area contributed by atoms with Crippen LogP contribution in [0.1, 0.15) is 69.5 Å². The Morgan fingerprint density at radius 3 is 2.47 bits per heavy atom. The van der Waals surface area contributed by atoms with E-state index in [0.29, 0.717) is 23.4 Å². The molecule has 0 spiro atoms. The molecule has 3 aromatic carbocycles. The zero-order valence-corrected chi connectivity index (χ0v) is 21.5. The number of anilines is 2. The van der Waals surface area contributed by atoms with Gasteiger partial charge in [0.2, 0.25) is 0 Å². The van der Waals surface area contributed by atoms with Gasteiger partial charge in [-0.3, -0.25) is 19.7 Å². The first-order valence-electron chi connectivity index (χ1n) is 13.2. The lowest BCUT2D eigenvalue weighted by atomic mass is 9.95. The highest BCUT2D eigenvalue weighted by atomic mass is 16.6. The quantitative estimate of drug-likeness (QED) is 0.322. The fourth-order valence-electron chi connectivity index (χ4n) is 5.43. The van der Waals surface area contributed by atoms with E-state index < -0.39 is 10.8 Å². The second-order valence-corrected chi connectivity index (χ2v) is 10.2. The third-order valence-corrected chi connectivity index (χ3v) is 7.58. The second kappa shape index (κ2) is 11.0. The van der Waals surface area contributed by atoms with Crippen molar-refractivity contribution in [1.82, 2.24) is 5.32 Å². The summed E-state index contributed by atoms with van der Waals surface area (Å²) in [5.74, 6) is -0.612. The minimum atomic E-state index is -0.495. The molecule has 0 atom stereocenters. The minimum absolute atomic E-state index is 0.106. The zero-order valence-electron chi connectivity index (χ0n) is 21.5. The SMILES string of the molecule is Cc1ccc(C(=O)Nc2ccc(N3CCc4ccccc4C3)c(C(=O)NC3CCCCC3)c2)cc1[N+](=O)[O-]. The molecule has 1 fully saturated rings. The maximum atomic E-state index is 13.6. The summed E-state index contributed by atoms with van der Waals surface area (Å²) >= 11 is 0. The minimum Gasteiger partial charge on any atom is -0.366 e. The summed E-state index contributed by atoms with van der Waals surface area (Å²) in [6.45, 7) is 3.13. The summed E-state index contributed by atoms with van der Waals surface area (Å²) in [4.78, 5) is 39.6. The van der Waals surface area contributed by atoms with Gasteiger partial charge in [0, 0.05) is 47.7 Å². The molecular formula is C30H32N4O4. The van der Waals surface area contributed by atoms with Crippen LogP contribution in [0.25, 0.3) is 0 Å². The maximum absolute atomic E-state index is 13.6. The molecule has 38 heavy (non-hydrogen) atoms. The summed E-state index contributed by atoms with van der Waals surface area (Å²) < 4.78 is 0. The monoisotopic (exact) mass is 512 g/mol. The number of amides is 2. The number of rotatable bonds is 6. The number of fused-ring (bicyclic) bond motifs is 1. The molecule has 8 heteroatoms. The Labute approximate surface area is 222 Å². The van der Waals surface area contributed by atoms with E-state index in [1.165, 1.54) is 23.6 Å². The van der Waals surface area contributed by atoms with Gasteiger partial charge in [0.1, 0.15) is 0 Å². The summed E-state index contributed by atoms with van der Waals surface area (Å²) in [5, 5.41) is 17.4. The predicted octanol–water partition coefficient (Wildman–Crippen LogP) is 5.78. The third kappa shape index (κ3) is 5.54. The van der Waals surface area contributed by atoms with Gasteiger partial charge in [-0.05, 0) is 61.6 Å². The Balaban J connectivity index is 1.43. The Morgan fingerprint density at radius 2 is 1.71 bits per heavy atom. The van der Waals surface area contributed by atoms with Gasteiger partial charge in [0.15, 0.2) is 0 Å². The van der Waals surface area contributed by atoms with Crippen molar-refractivity contribution in [3.05, 3.63) is 98.6 Å². The molecule has 1 aliphatic heterocycles. The zero-order chi connectivity index (χ0) is 26.6. The normalized spacial score (nSPS) is 15.4. The molecular weight excluding hydrogens is 480 g/mol. The van der Waals surface area contributed by atoms with Crippen LogP contribution in [0.4, 0.5) is 17.1 Å². The largest absolute Gasteiger partial charge is 0.366 e. The fourth-order valence-corrected chi connectivity index (χ4v) is 5.43. The number of hydrogen-bond acceptors (Lipinski definition) is 5. The molecule has 1 aliphatic carbocycles. The number of nitrogens with zero attached hydrogens (tertiary/aromatic N) is 2. The Bertz CT molecular complexity index is 1380. The molecule has 3 aromatic rings. The van der Waals surface area contributed by atoms with Crippen LogP contribution in [-0.4, -0.2) is 29.3 Å². The molecule has 1 heterocycles. The van der Waals surface area contributed by atoms with Crippen molar-refractivity contribution in [3.8, 4) is 0 Å². The highest BCUT2D eigenvalue weighted by Gasteiger charge is 2.24. The van der Waals surface area contributed by atoms with Gasteiger partial charge in [-0.15, -0.1) is 0 Å². The first kappa shape index (κ1) is 25.4. The van der Waals surface area contributed by atoms with E-state index in [9.17, 15) is 19.7 Å². The maximum Gasteiger partial charge on any atom is 0.273 e. The van der Waals surface area contributed by atoms with Crippen LogP contribution >= 0.6 is 0 Å². The lowest BCUT2D eigenvalue weighted by Gasteiger charge is -2.32. The van der Waals surface area contributed by atoms with Crippen molar-refractivity contribution >= 4 is 28.9 Å². The van der Waals surface area contributed by atoms with E-state index >= 15 is 0 Å². The van der Waals surface area contributed by atoms with E-state index in [2.05, 4.69) is 33.7 Å². The van der Waals surface area contributed by atoms with E-state index in [0.717, 1.165) is 44.3 Å². The van der Waals surface area contributed by atoms with Gasteiger partial charge in [-0.25, -0.2) is 0 Å². The molecule has 5 rings (SSSR count). The average molecular weight is 513 g/mol. The number of aryl methyl sites for hydroxylation is 1. The highest BCUT2D eigenvalue weighted by molar-refractivity contribution is 6.06. The summed E-state index contributed by atoms with van der Waals surface area (Å²) in [6, 6.07) is 18.3. The van der Waals surface area contributed by atoms with E-state index in [4.69, 9.17) is 0 Å². The number of carbonyl (C=O) groups excluding carboxylic acids is 2. The van der Waals surface area contributed by atoms with Crippen LogP contribution in [0, 0.1) is 17.0 Å². The molecule has 8 nitrogen and oxygen atoms in total. The van der Waals surface area contributed by atoms with Crippen molar-refractivity contribution in [2.24, 2.45) is 0 Å². The molecule has 1 saturated carbocycles. The van der Waals surface area contributed by atoms with Crippen LogP contribution in [0.2, 0.25) is 0 Å². The standard InChI is InChI=1S/C30H32N4O4/c1-20-11-12-22(17-28(20)34(37)38)29(35)32-25-13-14-27(33-16-15-21-7-5-6-8-23(21)19-33)26(18-25)30(36)31-24-9-3-2-4-10-24/h5-8,11-14,17-18,24H,2-4,9-10,15-16,19H2,1H3,(H,31,36)(H,32,35). The number of benzene rings is 3. The van der Waals surface area contributed by atoms with Crippen LogP contribution in [0.3, 0.4) is 0 Å². The van der Waals surface area contributed by atoms with Crippen LogP contribution in [-0.2, 0) is 13.0 Å². The van der Waals surface area contributed by atoms with Crippen molar-refractivity contribution in [1.29, 1.82) is 0 Å².